The van der Waals surface area contributed by atoms with Crippen molar-refractivity contribution in [2.75, 3.05) is 31.3 Å². The zero-order valence-electron chi connectivity index (χ0n) is 16.2. The van der Waals surface area contributed by atoms with Crippen LogP contribution in [0.4, 0.5) is 11.4 Å². The Labute approximate surface area is 172 Å². The Morgan fingerprint density at radius 1 is 0.933 bits per heavy atom. The Morgan fingerprint density at radius 3 is 2.27 bits per heavy atom. The van der Waals surface area contributed by atoms with E-state index >= 15 is 0 Å². The van der Waals surface area contributed by atoms with Gasteiger partial charge < -0.3 is 14.2 Å². The normalized spacial score (nSPS) is 10.0. The van der Waals surface area contributed by atoms with Crippen LogP contribution in [0.15, 0.2) is 54.6 Å². The highest BCUT2D eigenvalue weighted by Crippen LogP contribution is 2.25. The molecule has 0 aliphatic rings. The molecule has 2 aromatic rings. The fourth-order valence-corrected chi connectivity index (χ4v) is 2.40. The Kier molecular flexibility index (Phi) is 8.30. The third kappa shape index (κ3) is 6.59. The molecule has 0 aromatic heterocycles. The van der Waals surface area contributed by atoms with E-state index in [-0.39, 0.29) is 24.6 Å². The highest BCUT2D eigenvalue weighted by atomic mass is 16.6. The molecule has 0 heterocycles. The maximum absolute atomic E-state index is 12.5. The van der Waals surface area contributed by atoms with E-state index in [2.05, 4.69) is 0 Å². The van der Waals surface area contributed by atoms with Gasteiger partial charge in [-0.15, -0.1) is 0 Å². The van der Waals surface area contributed by atoms with Crippen molar-refractivity contribution in [3.05, 3.63) is 64.7 Å². The molecule has 0 radical (unpaired) electrons. The first-order valence-electron chi connectivity index (χ1n) is 8.95. The van der Waals surface area contributed by atoms with Crippen LogP contribution in [-0.2, 0) is 23.9 Å². The molecule has 2 rings (SSSR count). The van der Waals surface area contributed by atoms with Crippen LogP contribution < -0.4 is 9.64 Å². The number of hydrogen-bond donors (Lipinski definition) is 0. The second kappa shape index (κ2) is 11.1. The number of esters is 2. The van der Waals surface area contributed by atoms with Crippen molar-refractivity contribution >= 4 is 29.2 Å². The molecule has 30 heavy (non-hydrogen) atoms. The summed E-state index contributed by atoms with van der Waals surface area (Å²) in [4.78, 5) is 47.7. The lowest BCUT2D eigenvalue weighted by Crippen LogP contribution is -2.39. The number of amides is 1. The molecule has 0 saturated carbocycles. The van der Waals surface area contributed by atoms with Crippen molar-refractivity contribution in [2.24, 2.45) is 0 Å². The number of anilines is 1. The lowest BCUT2D eigenvalue weighted by molar-refractivity contribution is -0.385. The van der Waals surface area contributed by atoms with Crippen LogP contribution in [0.5, 0.6) is 5.75 Å². The summed E-state index contributed by atoms with van der Waals surface area (Å²) < 4.78 is 14.9. The molecule has 2 aromatic carbocycles. The second-order valence-electron chi connectivity index (χ2n) is 5.79. The number of ether oxygens (including phenoxy) is 3. The Morgan fingerprint density at radius 2 is 1.60 bits per heavy atom. The number of rotatable bonds is 10. The van der Waals surface area contributed by atoms with E-state index in [9.17, 15) is 24.5 Å². The molecule has 0 atom stereocenters. The summed E-state index contributed by atoms with van der Waals surface area (Å²) in [5, 5.41) is 10.9. The van der Waals surface area contributed by atoms with Gasteiger partial charge in [-0.25, -0.2) is 4.79 Å². The second-order valence-corrected chi connectivity index (χ2v) is 5.79. The van der Waals surface area contributed by atoms with Crippen LogP contribution in [0, 0.1) is 10.1 Å². The highest BCUT2D eigenvalue weighted by Gasteiger charge is 2.22. The molecule has 10 heteroatoms. The van der Waals surface area contributed by atoms with Crippen molar-refractivity contribution in [2.45, 2.75) is 6.92 Å². The number of para-hydroxylation sites is 3. The van der Waals surface area contributed by atoms with Crippen LogP contribution in [0.1, 0.15) is 6.92 Å². The number of hydrogen-bond acceptors (Lipinski definition) is 8. The van der Waals surface area contributed by atoms with Gasteiger partial charge in [0.25, 0.3) is 5.91 Å². The Balaban J connectivity index is 1.95. The molecule has 1 amide bonds. The SMILES string of the molecule is CCOC(=O)CN(C(=O)COC(=O)COc1ccccc1[N+](=O)[O-])c1ccccc1. The predicted molar refractivity (Wildman–Crippen MR) is 105 cm³/mol. The van der Waals surface area contributed by atoms with Crippen LogP contribution in [0.3, 0.4) is 0 Å². The number of benzene rings is 2. The van der Waals surface area contributed by atoms with Gasteiger partial charge in [0.05, 0.1) is 11.5 Å². The molecule has 0 aliphatic carbocycles. The molecule has 10 nitrogen and oxygen atoms in total. The maximum Gasteiger partial charge on any atom is 0.344 e. The van der Waals surface area contributed by atoms with Gasteiger partial charge in [0, 0.05) is 11.8 Å². The molecule has 0 saturated heterocycles. The lowest BCUT2D eigenvalue weighted by Gasteiger charge is -2.21. The fourth-order valence-electron chi connectivity index (χ4n) is 2.40. The fraction of sp³-hybridized carbons (Fsp3) is 0.250. The summed E-state index contributed by atoms with van der Waals surface area (Å²) in [6.45, 7) is 0.189. The summed E-state index contributed by atoms with van der Waals surface area (Å²) in [6.07, 6.45) is 0. The number of nitrogens with zero attached hydrogens (tertiary/aromatic N) is 2. The highest BCUT2D eigenvalue weighted by molar-refractivity contribution is 5.99. The van der Waals surface area contributed by atoms with Crippen molar-refractivity contribution in [3.63, 3.8) is 0 Å². The Bertz CT molecular complexity index is 901. The molecule has 0 N–H and O–H groups in total. The molecule has 0 spiro atoms. The average molecular weight is 416 g/mol. The van der Waals surface area contributed by atoms with Gasteiger partial charge in [-0.2, -0.15) is 0 Å². The molecule has 0 fully saturated rings. The summed E-state index contributed by atoms with van der Waals surface area (Å²) in [5.74, 6) is -2.25. The first kappa shape index (κ1) is 22.3. The largest absolute Gasteiger partial charge is 0.475 e. The van der Waals surface area contributed by atoms with Crippen molar-refractivity contribution in [1.82, 2.24) is 0 Å². The van der Waals surface area contributed by atoms with E-state index in [4.69, 9.17) is 14.2 Å². The van der Waals surface area contributed by atoms with Crippen LogP contribution in [-0.4, -0.2) is 49.1 Å². The molecular formula is C20H20N2O8. The van der Waals surface area contributed by atoms with Gasteiger partial charge in [-0.3, -0.25) is 24.6 Å². The van der Waals surface area contributed by atoms with E-state index in [1.165, 1.54) is 24.3 Å². The number of nitro benzene ring substituents is 1. The smallest absolute Gasteiger partial charge is 0.344 e. The first-order valence-corrected chi connectivity index (χ1v) is 8.95. The zero-order chi connectivity index (χ0) is 21.9. The van der Waals surface area contributed by atoms with Crippen molar-refractivity contribution < 1.29 is 33.5 Å². The first-order chi connectivity index (χ1) is 14.4. The maximum atomic E-state index is 12.5. The molecule has 0 unspecified atom stereocenters. The third-order valence-electron chi connectivity index (χ3n) is 3.73. The van der Waals surface area contributed by atoms with E-state index in [0.29, 0.717) is 5.69 Å². The van der Waals surface area contributed by atoms with Gasteiger partial charge in [-0.05, 0) is 25.1 Å². The van der Waals surface area contributed by atoms with E-state index in [1.807, 2.05) is 0 Å². The number of carbonyl (C=O) groups is 3. The minimum Gasteiger partial charge on any atom is -0.475 e. The topological polar surface area (TPSA) is 125 Å². The minimum absolute atomic E-state index is 0.0981. The summed E-state index contributed by atoms with van der Waals surface area (Å²) >= 11 is 0. The molecule has 0 bridgehead atoms. The molecule has 0 aliphatic heterocycles. The van der Waals surface area contributed by atoms with E-state index in [0.717, 1.165) is 4.90 Å². The number of carbonyl (C=O) groups excluding carboxylic acids is 3. The third-order valence-corrected chi connectivity index (χ3v) is 3.73. The van der Waals surface area contributed by atoms with Crippen LogP contribution in [0.25, 0.3) is 0 Å². The zero-order valence-corrected chi connectivity index (χ0v) is 16.2. The summed E-state index contributed by atoms with van der Waals surface area (Å²) in [5.41, 5.74) is 0.133. The van der Waals surface area contributed by atoms with Gasteiger partial charge in [0.15, 0.2) is 19.0 Å². The van der Waals surface area contributed by atoms with Crippen LogP contribution in [0.2, 0.25) is 0 Å². The quantitative estimate of drug-likeness (QED) is 0.328. The minimum atomic E-state index is -0.898. The molecular weight excluding hydrogens is 396 g/mol. The van der Waals surface area contributed by atoms with E-state index < -0.39 is 36.0 Å². The standard InChI is InChI=1S/C20H20N2O8/c1-2-28-19(24)12-21(15-8-4-3-5-9-15)18(23)13-30-20(25)14-29-17-11-7-6-10-16(17)22(26)27/h3-11H,2,12-14H2,1H3. The number of nitro groups is 1. The summed E-state index contributed by atoms with van der Waals surface area (Å²) in [7, 11) is 0. The molecule has 158 valence electrons. The lowest BCUT2D eigenvalue weighted by atomic mass is 10.3. The van der Waals surface area contributed by atoms with Gasteiger partial charge in [0.1, 0.15) is 6.54 Å². The average Bonchev–Trinajstić information content (AvgIpc) is 2.75. The Hall–Kier alpha value is -3.95. The van der Waals surface area contributed by atoms with E-state index in [1.54, 1.807) is 37.3 Å². The monoisotopic (exact) mass is 416 g/mol. The van der Waals surface area contributed by atoms with Crippen LogP contribution >= 0.6 is 0 Å². The summed E-state index contributed by atoms with van der Waals surface area (Å²) in [6, 6.07) is 13.9. The van der Waals surface area contributed by atoms with Crippen molar-refractivity contribution in [1.29, 1.82) is 0 Å². The van der Waals surface area contributed by atoms with Gasteiger partial charge in [-0.1, -0.05) is 30.3 Å². The van der Waals surface area contributed by atoms with Gasteiger partial charge in [0.2, 0.25) is 0 Å². The van der Waals surface area contributed by atoms with Crippen molar-refractivity contribution in [3.8, 4) is 5.75 Å². The predicted octanol–water partition coefficient (Wildman–Crippen LogP) is 2.11. The van der Waals surface area contributed by atoms with Gasteiger partial charge >= 0.3 is 17.6 Å².